The van der Waals surface area contributed by atoms with Crippen LogP contribution in [0.15, 0.2) is 22.8 Å². The minimum absolute atomic E-state index is 0.471. The maximum Gasteiger partial charge on any atom is 0.435 e. The normalized spacial score (nSPS) is 11.6. The second-order valence-corrected chi connectivity index (χ2v) is 6.00. The number of aldehydes is 1. The van der Waals surface area contributed by atoms with Crippen LogP contribution in [0, 0.1) is 0 Å². The van der Waals surface area contributed by atoms with Gasteiger partial charge in [0.2, 0.25) is 0 Å². The molecule has 1 aromatic carbocycles. The van der Waals surface area contributed by atoms with Crippen molar-refractivity contribution >= 4 is 39.2 Å². The predicted molar refractivity (Wildman–Crippen MR) is 74.5 cm³/mol. The van der Waals surface area contributed by atoms with E-state index in [4.69, 9.17) is 4.74 Å². The van der Waals surface area contributed by atoms with E-state index in [-0.39, 0.29) is 0 Å². The number of ether oxygens (including phenoxy) is 1. The molecule has 19 heavy (non-hydrogen) atoms. The largest absolute Gasteiger partial charge is 0.442 e. The maximum atomic E-state index is 12.0. The van der Waals surface area contributed by atoms with Crippen LogP contribution in [0.25, 0.3) is 10.9 Å². The van der Waals surface area contributed by atoms with Gasteiger partial charge in [-0.05, 0) is 32.9 Å². The summed E-state index contributed by atoms with van der Waals surface area (Å²) in [4.78, 5) is 23.0. The highest BCUT2D eigenvalue weighted by molar-refractivity contribution is 9.10. The molecule has 0 bridgehead atoms. The van der Waals surface area contributed by atoms with Crippen LogP contribution in [0.3, 0.4) is 0 Å². The fourth-order valence-corrected chi connectivity index (χ4v) is 2.13. The Morgan fingerprint density at radius 2 is 2.11 bits per heavy atom. The molecule has 0 radical (unpaired) electrons. The third kappa shape index (κ3) is 2.84. The zero-order valence-corrected chi connectivity index (χ0v) is 12.4. The van der Waals surface area contributed by atoms with E-state index in [0.29, 0.717) is 20.9 Å². The van der Waals surface area contributed by atoms with Gasteiger partial charge >= 0.3 is 6.09 Å². The molecule has 0 aliphatic heterocycles. The number of rotatable bonds is 1. The lowest BCUT2D eigenvalue weighted by Crippen LogP contribution is -2.27. The summed E-state index contributed by atoms with van der Waals surface area (Å²) in [6.45, 7) is 5.34. The first-order valence-electron chi connectivity index (χ1n) is 5.67. The third-order valence-corrected chi connectivity index (χ3v) is 2.84. The molecule has 0 amide bonds. The topological polar surface area (TPSA) is 61.2 Å². The van der Waals surface area contributed by atoms with Crippen LogP contribution >= 0.6 is 15.9 Å². The van der Waals surface area contributed by atoms with Crippen LogP contribution in [-0.2, 0) is 4.74 Å². The number of halogens is 1. The first kappa shape index (κ1) is 13.7. The first-order valence-corrected chi connectivity index (χ1v) is 6.47. The number of carbonyl (C=O) groups excluding carboxylic acids is 2. The standard InChI is InChI=1S/C13H13BrN2O3/c1-13(2,3)19-12(18)16-11-5-9(14)4-8(7-17)10(11)6-15-16/h4-7H,1-3H3. The van der Waals surface area contributed by atoms with Crippen molar-refractivity contribution in [3.63, 3.8) is 0 Å². The highest BCUT2D eigenvalue weighted by Crippen LogP contribution is 2.24. The van der Waals surface area contributed by atoms with Gasteiger partial charge in [-0.3, -0.25) is 4.79 Å². The fraction of sp³-hybridized carbons (Fsp3) is 0.308. The molecule has 0 N–H and O–H groups in total. The van der Waals surface area contributed by atoms with E-state index in [2.05, 4.69) is 21.0 Å². The lowest BCUT2D eigenvalue weighted by Gasteiger charge is -2.19. The van der Waals surface area contributed by atoms with Crippen molar-refractivity contribution in [2.24, 2.45) is 0 Å². The Morgan fingerprint density at radius 1 is 1.42 bits per heavy atom. The van der Waals surface area contributed by atoms with Gasteiger partial charge in [-0.25, -0.2) is 4.79 Å². The molecule has 2 rings (SSSR count). The summed E-state index contributed by atoms with van der Waals surface area (Å²) in [7, 11) is 0. The van der Waals surface area contributed by atoms with Gasteiger partial charge < -0.3 is 4.74 Å². The summed E-state index contributed by atoms with van der Waals surface area (Å²) in [5, 5.41) is 4.61. The molecule has 1 aromatic heterocycles. The van der Waals surface area contributed by atoms with E-state index in [9.17, 15) is 9.59 Å². The highest BCUT2D eigenvalue weighted by Gasteiger charge is 2.20. The van der Waals surface area contributed by atoms with Crippen molar-refractivity contribution in [3.8, 4) is 0 Å². The summed E-state index contributed by atoms with van der Waals surface area (Å²) in [6.07, 6.45) is 1.64. The van der Waals surface area contributed by atoms with E-state index in [1.165, 1.54) is 6.20 Å². The van der Waals surface area contributed by atoms with E-state index in [0.717, 1.165) is 11.0 Å². The Bertz CT molecular complexity index is 656. The molecule has 5 nitrogen and oxygen atoms in total. The molecule has 0 spiro atoms. The summed E-state index contributed by atoms with van der Waals surface area (Å²) >= 11 is 3.30. The molecule has 1 heterocycles. The number of hydrogen-bond donors (Lipinski definition) is 0. The molecule has 0 atom stereocenters. The Hall–Kier alpha value is -1.69. The lowest BCUT2D eigenvalue weighted by atomic mass is 10.1. The first-order chi connectivity index (χ1) is 8.81. The number of benzene rings is 1. The average Bonchev–Trinajstić information content (AvgIpc) is 2.69. The zero-order chi connectivity index (χ0) is 14.2. The van der Waals surface area contributed by atoms with Crippen molar-refractivity contribution in [2.75, 3.05) is 0 Å². The van der Waals surface area contributed by atoms with E-state index < -0.39 is 11.7 Å². The SMILES string of the molecule is CC(C)(C)OC(=O)n1ncc2c(C=O)cc(Br)cc21. The monoisotopic (exact) mass is 324 g/mol. The Balaban J connectivity index is 2.54. The van der Waals surface area contributed by atoms with Gasteiger partial charge in [0.15, 0.2) is 6.29 Å². The molecule has 0 saturated heterocycles. The van der Waals surface area contributed by atoms with Crippen LogP contribution in [-0.4, -0.2) is 27.8 Å². The lowest BCUT2D eigenvalue weighted by molar-refractivity contribution is 0.0522. The van der Waals surface area contributed by atoms with Crippen LogP contribution in [0.4, 0.5) is 4.79 Å². The third-order valence-electron chi connectivity index (χ3n) is 2.38. The molecule has 0 unspecified atom stereocenters. The summed E-state index contributed by atoms with van der Waals surface area (Å²) in [5.41, 5.74) is 0.402. The highest BCUT2D eigenvalue weighted by atomic mass is 79.9. The Kier molecular flexibility index (Phi) is 3.45. The van der Waals surface area contributed by atoms with Gasteiger partial charge in [-0.15, -0.1) is 0 Å². The molecule has 0 saturated carbocycles. The van der Waals surface area contributed by atoms with Crippen LogP contribution in [0.1, 0.15) is 31.1 Å². The van der Waals surface area contributed by atoms with Crippen molar-refractivity contribution in [2.45, 2.75) is 26.4 Å². The molecular weight excluding hydrogens is 312 g/mol. The molecule has 6 heteroatoms. The van der Waals surface area contributed by atoms with Gasteiger partial charge in [0, 0.05) is 15.4 Å². The van der Waals surface area contributed by atoms with Crippen LogP contribution in [0.2, 0.25) is 0 Å². The van der Waals surface area contributed by atoms with Gasteiger partial charge in [0.25, 0.3) is 0 Å². The molecule has 2 aromatic rings. The second-order valence-electron chi connectivity index (χ2n) is 5.08. The van der Waals surface area contributed by atoms with E-state index in [1.807, 2.05) is 0 Å². The molecule has 0 aliphatic carbocycles. The Morgan fingerprint density at radius 3 is 2.68 bits per heavy atom. The zero-order valence-electron chi connectivity index (χ0n) is 10.8. The van der Waals surface area contributed by atoms with Gasteiger partial charge in [0.05, 0.1) is 11.7 Å². The summed E-state index contributed by atoms with van der Waals surface area (Å²) < 4.78 is 7.11. The minimum Gasteiger partial charge on any atom is -0.442 e. The minimum atomic E-state index is -0.602. The fourth-order valence-electron chi connectivity index (χ4n) is 1.67. The van der Waals surface area contributed by atoms with E-state index in [1.54, 1.807) is 32.9 Å². The van der Waals surface area contributed by atoms with Crippen molar-refractivity contribution in [1.29, 1.82) is 0 Å². The molecule has 0 aliphatic rings. The van der Waals surface area contributed by atoms with Gasteiger partial charge in [-0.1, -0.05) is 15.9 Å². The quantitative estimate of drug-likeness (QED) is 0.754. The number of fused-ring (bicyclic) bond motifs is 1. The number of hydrogen-bond acceptors (Lipinski definition) is 4. The van der Waals surface area contributed by atoms with Gasteiger partial charge in [-0.2, -0.15) is 9.78 Å². The molecule has 0 fully saturated rings. The molecular formula is C13H13BrN2O3. The van der Waals surface area contributed by atoms with Crippen molar-refractivity contribution in [1.82, 2.24) is 9.78 Å². The number of carbonyl (C=O) groups is 2. The number of nitrogens with zero attached hydrogens (tertiary/aromatic N) is 2. The van der Waals surface area contributed by atoms with Crippen LogP contribution < -0.4 is 0 Å². The summed E-state index contributed by atoms with van der Waals surface area (Å²) in [6, 6.07) is 3.40. The average molecular weight is 325 g/mol. The summed E-state index contributed by atoms with van der Waals surface area (Å²) in [5.74, 6) is 0. The van der Waals surface area contributed by atoms with E-state index >= 15 is 0 Å². The number of aromatic nitrogens is 2. The van der Waals surface area contributed by atoms with Crippen molar-refractivity contribution < 1.29 is 14.3 Å². The Labute approximate surface area is 118 Å². The second kappa shape index (κ2) is 4.77. The predicted octanol–water partition coefficient (Wildman–Crippen LogP) is 3.39. The van der Waals surface area contributed by atoms with Crippen LogP contribution in [0.5, 0.6) is 0 Å². The molecule has 100 valence electrons. The van der Waals surface area contributed by atoms with Crippen molar-refractivity contribution in [3.05, 3.63) is 28.4 Å². The maximum absolute atomic E-state index is 12.0. The smallest absolute Gasteiger partial charge is 0.435 e. The van der Waals surface area contributed by atoms with Gasteiger partial charge in [0.1, 0.15) is 5.60 Å².